The molecule has 2 aromatic rings. The van der Waals surface area contributed by atoms with Gasteiger partial charge in [-0.25, -0.2) is 0 Å². The number of nitrogens with zero attached hydrogens (tertiary/aromatic N) is 1. The molecule has 1 aliphatic carbocycles. The maximum atomic E-state index is 13.8. The third-order valence-electron chi connectivity index (χ3n) is 8.71. The molecular formula is C31H43N5O6. The number of ketones is 1. The first kappa shape index (κ1) is 30.2. The normalized spacial score (nSPS) is 23.2. The van der Waals surface area contributed by atoms with E-state index in [1.165, 1.54) is 0 Å². The van der Waals surface area contributed by atoms with Crippen LogP contribution in [-0.2, 0) is 35.1 Å². The van der Waals surface area contributed by atoms with Gasteiger partial charge in [-0.15, -0.1) is 0 Å². The fourth-order valence-electron chi connectivity index (χ4n) is 5.99. The summed E-state index contributed by atoms with van der Waals surface area (Å²) in [6.45, 7) is 6.35. The van der Waals surface area contributed by atoms with E-state index in [9.17, 15) is 19.2 Å². The Balaban J connectivity index is 1.28. The number of carbonyl (C=O) groups excluding carboxylic acids is 4. The van der Waals surface area contributed by atoms with Gasteiger partial charge < -0.3 is 30.4 Å². The lowest BCUT2D eigenvalue weighted by molar-refractivity contribution is -0.134. The van der Waals surface area contributed by atoms with Gasteiger partial charge in [-0.1, -0.05) is 31.7 Å². The molecule has 0 spiro atoms. The second-order valence-corrected chi connectivity index (χ2v) is 12.2. The fourth-order valence-corrected chi connectivity index (χ4v) is 5.99. The number of rotatable bonds is 13. The van der Waals surface area contributed by atoms with Gasteiger partial charge in [0.05, 0.1) is 32.4 Å². The summed E-state index contributed by atoms with van der Waals surface area (Å²) in [5, 5.41) is 9.59. The molecule has 1 aromatic heterocycles. The Kier molecular flexibility index (Phi) is 9.60. The van der Waals surface area contributed by atoms with E-state index >= 15 is 0 Å². The number of aromatic nitrogens is 1. The van der Waals surface area contributed by atoms with E-state index in [1.54, 1.807) is 13.8 Å². The van der Waals surface area contributed by atoms with Gasteiger partial charge in [0.25, 0.3) is 0 Å². The van der Waals surface area contributed by atoms with Gasteiger partial charge in [-0.3, -0.25) is 24.1 Å². The second-order valence-electron chi connectivity index (χ2n) is 12.2. The van der Waals surface area contributed by atoms with E-state index in [2.05, 4.69) is 20.9 Å². The number of nitrogens with one attached hydrogen (secondary N) is 4. The number of H-pyrrole nitrogens is 1. The van der Waals surface area contributed by atoms with Gasteiger partial charge in [-0.05, 0) is 55.3 Å². The summed E-state index contributed by atoms with van der Waals surface area (Å²) in [4.78, 5) is 58.2. The Labute approximate surface area is 246 Å². The van der Waals surface area contributed by atoms with Crippen LogP contribution in [0, 0.1) is 5.92 Å². The maximum absolute atomic E-state index is 13.8. The molecule has 4 atom stereocenters. The second kappa shape index (κ2) is 13.4. The van der Waals surface area contributed by atoms with E-state index in [0.717, 1.165) is 42.1 Å². The zero-order valence-electron chi connectivity index (χ0n) is 24.6. The number of hydrogen-bond acceptors (Lipinski definition) is 7. The van der Waals surface area contributed by atoms with Crippen LogP contribution in [0.1, 0.15) is 51.5 Å². The van der Waals surface area contributed by atoms with Gasteiger partial charge in [0, 0.05) is 31.2 Å². The lowest BCUT2D eigenvalue weighted by Gasteiger charge is -2.27. The van der Waals surface area contributed by atoms with Crippen molar-refractivity contribution in [3.05, 3.63) is 36.0 Å². The summed E-state index contributed by atoms with van der Waals surface area (Å²) in [5.41, 5.74) is 0.969. The lowest BCUT2D eigenvalue weighted by Crippen LogP contribution is -2.57. The predicted molar refractivity (Wildman–Crippen MR) is 157 cm³/mol. The molecule has 4 N–H and O–H groups in total. The third kappa shape index (κ3) is 7.76. The molecule has 1 aromatic carbocycles. The minimum Gasteiger partial charge on any atom is -0.379 e. The van der Waals surface area contributed by atoms with Crippen LogP contribution in [0.5, 0.6) is 0 Å². The van der Waals surface area contributed by atoms with Crippen molar-refractivity contribution in [2.24, 2.45) is 5.92 Å². The van der Waals surface area contributed by atoms with E-state index in [4.69, 9.17) is 9.47 Å². The molecule has 42 heavy (non-hydrogen) atoms. The Morgan fingerprint density at radius 1 is 1.02 bits per heavy atom. The fraction of sp³-hybridized carbons (Fsp3) is 0.613. The minimum atomic E-state index is -0.945. The zero-order valence-corrected chi connectivity index (χ0v) is 24.6. The van der Waals surface area contributed by atoms with Gasteiger partial charge in [-0.2, -0.15) is 0 Å². The standard InChI is InChI=1S/C31H43N5O6/c1-20(33-27(37)18-36-11-13-41-14-12-36)29(39)35-26(17-22-7-8-24-23(15-22)9-10-32-24)30(40)34-25(16-21-5-3-4-6-21)28(38)31(2)19-42-31/h7-10,15,20-21,25-26,32H,3-6,11-14,16-19H2,1-2H3,(H,33,37)(H,34,40)(H,35,39)/t20-,25-,26-,31-/m0/s1. The zero-order chi connectivity index (χ0) is 29.7. The number of benzene rings is 1. The van der Waals surface area contributed by atoms with Crippen molar-refractivity contribution in [3.8, 4) is 0 Å². The predicted octanol–water partition coefficient (Wildman–Crippen LogP) is 1.46. The molecule has 3 aliphatic rings. The van der Waals surface area contributed by atoms with Gasteiger partial charge in [0.15, 0.2) is 5.78 Å². The topological polar surface area (TPSA) is 145 Å². The van der Waals surface area contributed by atoms with Crippen LogP contribution in [0.15, 0.2) is 30.5 Å². The Hall–Kier alpha value is -3.28. The highest BCUT2D eigenvalue weighted by Crippen LogP contribution is 2.33. The maximum Gasteiger partial charge on any atom is 0.243 e. The van der Waals surface area contributed by atoms with E-state index in [0.29, 0.717) is 45.2 Å². The van der Waals surface area contributed by atoms with E-state index in [-0.39, 0.29) is 24.7 Å². The number of hydrogen-bond donors (Lipinski definition) is 4. The highest BCUT2D eigenvalue weighted by molar-refractivity contribution is 5.98. The summed E-state index contributed by atoms with van der Waals surface area (Å²) in [6.07, 6.45) is 6.97. The summed E-state index contributed by atoms with van der Waals surface area (Å²) in [5.74, 6) is -0.912. The first-order valence-electron chi connectivity index (χ1n) is 15.1. The number of morpholine rings is 1. The molecule has 0 bridgehead atoms. The van der Waals surface area contributed by atoms with Crippen LogP contribution in [0.2, 0.25) is 0 Å². The summed E-state index contributed by atoms with van der Waals surface area (Å²) in [7, 11) is 0. The molecule has 0 unspecified atom stereocenters. The molecule has 3 heterocycles. The molecule has 3 fully saturated rings. The average molecular weight is 582 g/mol. The third-order valence-corrected chi connectivity index (χ3v) is 8.71. The van der Waals surface area contributed by atoms with Crippen LogP contribution < -0.4 is 16.0 Å². The number of ether oxygens (including phenoxy) is 2. The molecule has 0 radical (unpaired) electrons. The van der Waals surface area contributed by atoms with Crippen molar-refractivity contribution < 1.29 is 28.7 Å². The molecule has 2 aliphatic heterocycles. The highest BCUT2D eigenvalue weighted by atomic mass is 16.6. The van der Waals surface area contributed by atoms with Crippen LogP contribution in [-0.4, -0.2) is 96.6 Å². The smallest absolute Gasteiger partial charge is 0.243 e. The van der Waals surface area contributed by atoms with Crippen LogP contribution >= 0.6 is 0 Å². The van der Waals surface area contributed by atoms with Gasteiger partial charge >= 0.3 is 0 Å². The number of Topliss-reactive ketones (excluding diaryl/α,β-unsaturated/α-hetero) is 1. The van der Waals surface area contributed by atoms with E-state index < -0.39 is 35.5 Å². The molecule has 1 saturated carbocycles. The summed E-state index contributed by atoms with van der Waals surface area (Å²) in [6, 6.07) is 5.30. The number of carbonyl (C=O) groups is 4. The SMILES string of the molecule is C[C@H](NC(=O)CN1CCOCC1)C(=O)N[C@@H](Cc1ccc2[nH]ccc2c1)C(=O)N[C@@H](CC1CCCC1)C(=O)[C@]1(C)CO1. The molecule has 2 saturated heterocycles. The quantitative estimate of drug-likeness (QED) is 0.262. The number of aromatic amines is 1. The first-order chi connectivity index (χ1) is 20.2. The Morgan fingerprint density at radius 3 is 2.45 bits per heavy atom. The van der Waals surface area contributed by atoms with Crippen molar-refractivity contribution in [2.45, 2.75) is 76.1 Å². The first-order valence-corrected chi connectivity index (χ1v) is 15.1. The van der Waals surface area contributed by atoms with Crippen LogP contribution in [0.3, 0.4) is 0 Å². The van der Waals surface area contributed by atoms with Crippen molar-refractivity contribution in [1.29, 1.82) is 0 Å². The van der Waals surface area contributed by atoms with Crippen molar-refractivity contribution in [1.82, 2.24) is 25.8 Å². The monoisotopic (exact) mass is 581 g/mol. The summed E-state index contributed by atoms with van der Waals surface area (Å²) >= 11 is 0. The van der Waals surface area contributed by atoms with E-state index in [1.807, 2.05) is 35.4 Å². The Bertz CT molecular complexity index is 1280. The number of epoxide rings is 1. The molecule has 228 valence electrons. The molecular weight excluding hydrogens is 538 g/mol. The molecule has 11 heteroatoms. The summed E-state index contributed by atoms with van der Waals surface area (Å²) < 4.78 is 10.8. The lowest BCUT2D eigenvalue weighted by atomic mass is 9.90. The van der Waals surface area contributed by atoms with Crippen molar-refractivity contribution >= 4 is 34.4 Å². The minimum absolute atomic E-state index is 0.120. The molecule has 11 nitrogen and oxygen atoms in total. The van der Waals surface area contributed by atoms with Crippen molar-refractivity contribution in [2.75, 3.05) is 39.5 Å². The highest BCUT2D eigenvalue weighted by Gasteiger charge is 2.50. The Morgan fingerprint density at radius 2 is 1.74 bits per heavy atom. The van der Waals surface area contributed by atoms with Gasteiger partial charge in [0.2, 0.25) is 17.7 Å². The number of amides is 3. The van der Waals surface area contributed by atoms with Crippen molar-refractivity contribution in [3.63, 3.8) is 0 Å². The van der Waals surface area contributed by atoms with Crippen LogP contribution in [0.25, 0.3) is 10.9 Å². The van der Waals surface area contributed by atoms with Crippen LogP contribution in [0.4, 0.5) is 0 Å². The molecule has 5 rings (SSSR count). The van der Waals surface area contributed by atoms with Gasteiger partial charge in [0.1, 0.15) is 17.7 Å². The number of fused-ring (bicyclic) bond motifs is 1. The average Bonchev–Trinajstić information content (AvgIpc) is 3.32. The largest absolute Gasteiger partial charge is 0.379 e. The molecule has 3 amide bonds.